The number of hydrogen-bond donors (Lipinski definition) is 0. The van der Waals surface area contributed by atoms with Crippen LogP contribution in [-0.2, 0) is 0 Å². The Morgan fingerprint density at radius 2 is 0.695 bits per heavy atom. The first kappa shape index (κ1) is 34.4. The zero-order valence-electron chi connectivity index (χ0n) is 32.1. The van der Waals surface area contributed by atoms with Crippen molar-refractivity contribution in [1.82, 2.24) is 9.97 Å². The molecule has 0 spiro atoms. The van der Waals surface area contributed by atoms with Gasteiger partial charge in [0.1, 0.15) is 11.2 Å². The van der Waals surface area contributed by atoms with Gasteiger partial charge in [0.2, 0.25) is 0 Å². The highest BCUT2D eigenvalue weighted by atomic mass is 16.3. The van der Waals surface area contributed by atoms with Crippen LogP contribution in [0.1, 0.15) is 0 Å². The Hall–Kier alpha value is -7.88. The van der Waals surface area contributed by atoms with Crippen molar-refractivity contribution in [3.63, 3.8) is 0 Å². The van der Waals surface area contributed by atoms with Crippen LogP contribution in [0.2, 0.25) is 0 Å². The summed E-state index contributed by atoms with van der Waals surface area (Å²) in [5.74, 6) is 0.643. The predicted octanol–water partition coefficient (Wildman–Crippen LogP) is 15.2. The van der Waals surface area contributed by atoms with Gasteiger partial charge in [0.05, 0.1) is 11.4 Å². The average molecular weight is 753 g/mol. The molecule has 9 aromatic carbocycles. The monoisotopic (exact) mass is 752 g/mol. The van der Waals surface area contributed by atoms with E-state index in [0.717, 1.165) is 94.2 Å². The summed E-state index contributed by atoms with van der Waals surface area (Å²) in [6.07, 6.45) is 0. The third-order valence-electron chi connectivity index (χ3n) is 11.3. The summed E-state index contributed by atoms with van der Waals surface area (Å²) in [7, 11) is 0. The lowest BCUT2D eigenvalue weighted by Crippen LogP contribution is -1.97. The molecule has 0 atom stereocenters. The van der Waals surface area contributed by atoms with Crippen LogP contribution in [0.25, 0.3) is 111 Å². The van der Waals surface area contributed by atoms with Gasteiger partial charge in [0.25, 0.3) is 0 Å². The molecule has 0 saturated carbocycles. The van der Waals surface area contributed by atoms with Crippen LogP contribution in [0.5, 0.6) is 0 Å². The summed E-state index contributed by atoms with van der Waals surface area (Å²) in [6.45, 7) is 0. The number of hydrogen-bond acceptors (Lipinski definition) is 3. The molecule has 0 radical (unpaired) electrons. The Morgan fingerprint density at radius 3 is 1.24 bits per heavy atom. The summed E-state index contributed by atoms with van der Waals surface area (Å²) in [6, 6.07) is 76.8. The van der Waals surface area contributed by atoms with Gasteiger partial charge in [-0.15, -0.1) is 0 Å². The topological polar surface area (TPSA) is 38.9 Å². The van der Waals surface area contributed by atoms with Gasteiger partial charge in [0.15, 0.2) is 5.82 Å². The van der Waals surface area contributed by atoms with E-state index in [1.807, 2.05) is 12.1 Å². The second-order valence-electron chi connectivity index (χ2n) is 15.0. The molecule has 276 valence electrons. The standard InChI is InChI=1S/C56H36N2O/c1-4-15-37(16-5-1)40-21-12-24-43(31-40)44-29-30-53-50(34-44)55-48-28-11-10-27-47(48)49(35-54(55)59-53)56-57-51(45-25-13-22-41(32-45)38-17-6-2-7-18-38)36-52(58-56)46-26-14-23-42(33-46)39-19-8-3-9-20-39/h1-36H. The van der Waals surface area contributed by atoms with Crippen molar-refractivity contribution in [3.8, 4) is 78.4 Å². The molecule has 0 aliphatic carbocycles. The molecule has 2 aromatic heterocycles. The first-order chi connectivity index (χ1) is 29.2. The van der Waals surface area contributed by atoms with E-state index in [2.05, 4.69) is 206 Å². The number of benzene rings is 9. The van der Waals surface area contributed by atoms with Crippen LogP contribution in [0, 0.1) is 0 Å². The van der Waals surface area contributed by atoms with Gasteiger partial charge in [-0.25, -0.2) is 9.97 Å². The quantitative estimate of drug-likeness (QED) is 0.163. The Balaban J connectivity index is 1.09. The van der Waals surface area contributed by atoms with Gasteiger partial charge >= 0.3 is 0 Å². The number of aromatic nitrogens is 2. The van der Waals surface area contributed by atoms with Gasteiger partial charge in [-0.3, -0.25) is 0 Å². The third kappa shape index (κ3) is 6.45. The van der Waals surface area contributed by atoms with Crippen molar-refractivity contribution in [2.75, 3.05) is 0 Å². The molecule has 3 nitrogen and oxygen atoms in total. The van der Waals surface area contributed by atoms with Gasteiger partial charge in [-0.1, -0.05) is 176 Å². The molecule has 2 heterocycles. The van der Waals surface area contributed by atoms with E-state index in [1.54, 1.807) is 0 Å². The molecular weight excluding hydrogens is 717 g/mol. The SMILES string of the molecule is c1ccc(-c2cccc(-c3ccc4oc5cc(-c6nc(-c7cccc(-c8ccccc8)c7)cc(-c7cccc(-c8ccccc8)c7)n6)c6ccccc6c5c4c3)c2)cc1. The van der Waals surface area contributed by atoms with Crippen molar-refractivity contribution >= 4 is 32.7 Å². The van der Waals surface area contributed by atoms with E-state index in [4.69, 9.17) is 14.4 Å². The molecule has 0 aliphatic heterocycles. The molecule has 0 aliphatic rings. The minimum Gasteiger partial charge on any atom is -0.456 e. The van der Waals surface area contributed by atoms with E-state index < -0.39 is 0 Å². The maximum atomic E-state index is 6.71. The van der Waals surface area contributed by atoms with Crippen molar-refractivity contribution in [2.24, 2.45) is 0 Å². The molecular formula is C56H36N2O. The molecule has 0 amide bonds. The van der Waals surface area contributed by atoms with Gasteiger partial charge in [-0.2, -0.15) is 0 Å². The molecule has 0 fully saturated rings. The predicted molar refractivity (Wildman–Crippen MR) is 245 cm³/mol. The number of nitrogens with zero attached hydrogens (tertiary/aromatic N) is 2. The second kappa shape index (κ2) is 14.6. The van der Waals surface area contributed by atoms with Crippen LogP contribution in [-0.4, -0.2) is 9.97 Å². The molecule has 3 heteroatoms. The molecule has 0 N–H and O–H groups in total. The van der Waals surface area contributed by atoms with Crippen molar-refractivity contribution in [1.29, 1.82) is 0 Å². The fourth-order valence-electron chi connectivity index (χ4n) is 8.36. The number of furan rings is 1. The largest absolute Gasteiger partial charge is 0.456 e. The average Bonchev–Trinajstić information content (AvgIpc) is 3.70. The van der Waals surface area contributed by atoms with E-state index in [9.17, 15) is 0 Å². The van der Waals surface area contributed by atoms with Crippen LogP contribution >= 0.6 is 0 Å². The van der Waals surface area contributed by atoms with Crippen LogP contribution in [0.4, 0.5) is 0 Å². The van der Waals surface area contributed by atoms with Crippen molar-refractivity contribution in [2.45, 2.75) is 0 Å². The van der Waals surface area contributed by atoms with Crippen LogP contribution in [0.3, 0.4) is 0 Å². The Labute approximate surface area is 342 Å². The number of fused-ring (bicyclic) bond motifs is 5. The lowest BCUT2D eigenvalue weighted by molar-refractivity contribution is 0.669. The summed E-state index contributed by atoms with van der Waals surface area (Å²) in [4.78, 5) is 10.7. The van der Waals surface area contributed by atoms with Crippen LogP contribution < -0.4 is 0 Å². The van der Waals surface area contributed by atoms with E-state index in [-0.39, 0.29) is 0 Å². The van der Waals surface area contributed by atoms with E-state index in [1.165, 1.54) is 11.1 Å². The minimum atomic E-state index is 0.643. The highest BCUT2D eigenvalue weighted by Gasteiger charge is 2.19. The molecule has 11 rings (SSSR count). The van der Waals surface area contributed by atoms with Gasteiger partial charge < -0.3 is 4.42 Å². The highest BCUT2D eigenvalue weighted by molar-refractivity contribution is 6.22. The lowest BCUT2D eigenvalue weighted by Gasteiger charge is -2.13. The Morgan fingerprint density at radius 1 is 0.271 bits per heavy atom. The molecule has 0 saturated heterocycles. The van der Waals surface area contributed by atoms with E-state index in [0.29, 0.717) is 5.82 Å². The zero-order chi connectivity index (χ0) is 39.1. The highest BCUT2D eigenvalue weighted by Crippen LogP contribution is 2.42. The van der Waals surface area contributed by atoms with Crippen molar-refractivity contribution in [3.05, 3.63) is 218 Å². The summed E-state index contributed by atoms with van der Waals surface area (Å²) in [5, 5.41) is 4.33. The van der Waals surface area contributed by atoms with E-state index >= 15 is 0 Å². The van der Waals surface area contributed by atoms with Crippen LogP contribution in [0.15, 0.2) is 223 Å². The number of rotatable bonds is 7. The Bertz CT molecular complexity index is 3210. The molecule has 59 heavy (non-hydrogen) atoms. The minimum absolute atomic E-state index is 0.643. The summed E-state index contributed by atoms with van der Waals surface area (Å²) < 4.78 is 6.71. The Kier molecular flexibility index (Phi) is 8.49. The molecule has 11 aromatic rings. The first-order valence-corrected chi connectivity index (χ1v) is 20.0. The van der Waals surface area contributed by atoms with Gasteiger partial charge in [-0.05, 0) is 97.7 Å². The normalized spacial score (nSPS) is 11.4. The second-order valence-corrected chi connectivity index (χ2v) is 15.0. The smallest absolute Gasteiger partial charge is 0.161 e. The fraction of sp³-hybridized carbons (Fsp3) is 0. The van der Waals surface area contributed by atoms with Crippen molar-refractivity contribution < 1.29 is 4.42 Å². The lowest BCUT2D eigenvalue weighted by atomic mass is 9.95. The third-order valence-corrected chi connectivity index (χ3v) is 11.3. The molecule has 0 unspecified atom stereocenters. The summed E-state index contributed by atoms with van der Waals surface area (Å²) >= 11 is 0. The van der Waals surface area contributed by atoms with Gasteiger partial charge in [0, 0.05) is 27.5 Å². The maximum Gasteiger partial charge on any atom is 0.161 e. The zero-order valence-corrected chi connectivity index (χ0v) is 32.1. The fourth-order valence-corrected chi connectivity index (χ4v) is 8.36. The first-order valence-electron chi connectivity index (χ1n) is 20.0. The summed E-state index contributed by atoms with van der Waals surface area (Å²) in [5.41, 5.74) is 15.6. The molecule has 0 bridgehead atoms. The maximum absolute atomic E-state index is 6.71.